The highest BCUT2D eigenvalue weighted by atomic mass is 35.5. The molecule has 1 aromatic carbocycles. The highest BCUT2D eigenvalue weighted by molar-refractivity contribution is 7.94. The Balaban J connectivity index is 2.05. The summed E-state index contributed by atoms with van der Waals surface area (Å²) in [6.45, 7) is 3.49. The number of alkyl halides is 1. The minimum absolute atomic E-state index is 0.0167. The van der Waals surface area contributed by atoms with Crippen molar-refractivity contribution in [1.29, 1.82) is 0 Å². The average molecular weight is 475 g/mol. The summed E-state index contributed by atoms with van der Waals surface area (Å²) in [5.74, 6) is -3.31. The first-order valence-electron chi connectivity index (χ1n) is 8.87. The third-order valence-electron chi connectivity index (χ3n) is 5.19. The zero-order valence-corrected chi connectivity index (χ0v) is 18.2. The summed E-state index contributed by atoms with van der Waals surface area (Å²) in [7, 11) is -4.50. The van der Waals surface area contributed by atoms with Gasteiger partial charge in [-0.1, -0.05) is 11.6 Å². The monoisotopic (exact) mass is 474 g/mol. The number of hydrogen-bond donors (Lipinski definition) is 2. The van der Waals surface area contributed by atoms with Crippen LogP contribution in [0.3, 0.4) is 0 Å². The number of nitrogens with zero attached hydrogens (tertiary/aromatic N) is 2. The van der Waals surface area contributed by atoms with Crippen molar-refractivity contribution in [3.8, 4) is 0 Å². The molecule has 12 heteroatoms. The Morgan fingerprint density at radius 3 is 2.45 bits per heavy atom. The van der Waals surface area contributed by atoms with E-state index in [4.69, 9.17) is 17.3 Å². The summed E-state index contributed by atoms with van der Waals surface area (Å²) in [5, 5.41) is 2.29. The summed E-state index contributed by atoms with van der Waals surface area (Å²) < 4.78 is 67.3. The normalized spacial score (nSPS) is 24.4. The summed E-state index contributed by atoms with van der Waals surface area (Å²) in [6.07, 6.45) is 1.07. The number of rotatable bonds is 3. The molecule has 2 aromatic rings. The third-order valence-corrected chi connectivity index (χ3v) is 8.03. The molecule has 166 valence electrons. The lowest BCUT2D eigenvalue weighted by Gasteiger charge is -2.40. The number of nitrogens with one attached hydrogen (secondary N) is 1. The van der Waals surface area contributed by atoms with Crippen LogP contribution in [0.15, 0.2) is 35.5 Å². The van der Waals surface area contributed by atoms with E-state index in [2.05, 4.69) is 15.3 Å². The number of amides is 1. The number of anilines is 1. The standard InChI is InChI=1S/C19H18ClF3N4O3S/c1-18(2)17(24)27-19(3,16(23)31(18,29)30)11-7-10(4-5-12(11)21)26-15(28)14-13(22)6-9(20)8-25-14/h4-8,16H,1-3H3,(H2,24,27)(H,26,28)/t16?,19-/m1/s1. The highest BCUT2D eigenvalue weighted by Gasteiger charge is 2.58. The molecule has 2 atom stereocenters. The molecule has 7 nitrogen and oxygen atoms in total. The second-order valence-electron chi connectivity index (χ2n) is 7.65. The molecule has 1 aliphatic heterocycles. The maximum Gasteiger partial charge on any atom is 0.277 e. The number of aromatic nitrogens is 1. The second-order valence-corrected chi connectivity index (χ2v) is 10.6. The molecule has 0 spiro atoms. The van der Waals surface area contributed by atoms with E-state index in [1.165, 1.54) is 13.8 Å². The molecule has 0 aliphatic carbocycles. The van der Waals surface area contributed by atoms with Crippen molar-refractivity contribution in [3.63, 3.8) is 0 Å². The van der Waals surface area contributed by atoms with Crippen LogP contribution in [-0.2, 0) is 15.4 Å². The van der Waals surface area contributed by atoms with Gasteiger partial charge < -0.3 is 11.1 Å². The minimum atomic E-state index is -4.50. The molecule has 1 aliphatic rings. The SMILES string of the molecule is CC1(C)C(N)=N[C@](C)(c2cc(NC(=O)c3ncc(Cl)cc3F)ccc2F)C(F)S1(=O)=O. The predicted molar refractivity (Wildman–Crippen MR) is 110 cm³/mol. The summed E-state index contributed by atoms with van der Waals surface area (Å²) in [6, 6.07) is 3.93. The Morgan fingerprint density at radius 1 is 1.19 bits per heavy atom. The van der Waals surface area contributed by atoms with Crippen LogP contribution in [0.2, 0.25) is 5.02 Å². The van der Waals surface area contributed by atoms with Gasteiger partial charge >= 0.3 is 0 Å². The van der Waals surface area contributed by atoms with Gasteiger partial charge in [0.25, 0.3) is 5.91 Å². The van der Waals surface area contributed by atoms with Gasteiger partial charge in [-0.25, -0.2) is 26.6 Å². The van der Waals surface area contributed by atoms with Crippen molar-refractivity contribution in [2.75, 3.05) is 5.32 Å². The van der Waals surface area contributed by atoms with Crippen molar-refractivity contribution >= 4 is 38.9 Å². The number of nitrogens with two attached hydrogens (primary N) is 1. The Bertz CT molecular complexity index is 1220. The van der Waals surface area contributed by atoms with Crippen molar-refractivity contribution in [1.82, 2.24) is 4.98 Å². The molecule has 0 bridgehead atoms. The van der Waals surface area contributed by atoms with Crippen LogP contribution in [0.25, 0.3) is 0 Å². The van der Waals surface area contributed by atoms with Gasteiger partial charge in [0.1, 0.15) is 21.9 Å². The molecule has 1 amide bonds. The maximum absolute atomic E-state index is 15.2. The molecule has 1 unspecified atom stereocenters. The average Bonchev–Trinajstić information content (AvgIpc) is 2.67. The number of amidine groups is 1. The van der Waals surface area contributed by atoms with Crippen LogP contribution in [0.1, 0.15) is 36.8 Å². The molecule has 1 aromatic heterocycles. The van der Waals surface area contributed by atoms with E-state index in [1.54, 1.807) is 0 Å². The van der Waals surface area contributed by atoms with Gasteiger partial charge in [0.05, 0.1) is 5.02 Å². The fourth-order valence-electron chi connectivity index (χ4n) is 3.09. The zero-order valence-electron chi connectivity index (χ0n) is 16.6. The lowest BCUT2D eigenvalue weighted by atomic mass is 9.91. The number of sulfone groups is 1. The Kier molecular flexibility index (Phi) is 5.56. The molecule has 3 N–H and O–H groups in total. The maximum atomic E-state index is 15.2. The van der Waals surface area contributed by atoms with Crippen LogP contribution in [0.5, 0.6) is 0 Å². The number of carbonyl (C=O) groups excluding carboxylic acids is 1. The lowest BCUT2D eigenvalue weighted by molar-refractivity contribution is 0.101. The first kappa shape index (κ1) is 23.0. The largest absolute Gasteiger partial charge is 0.386 e. The fraction of sp³-hybridized carbons (Fsp3) is 0.316. The number of halogens is 4. The van der Waals surface area contributed by atoms with Gasteiger partial charge in [0.15, 0.2) is 21.3 Å². The van der Waals surface area contributed by atoms with Crippen molar-refractivity contribution in [2.24, 2.45) is 10.7 Å². The van der Waals surface area contributed by atoms with Gasteiger partial charge in [-0.05, 0) is 45.0 Å². The van der Waals surface area contributed by atoms with E-state index in [-0.39, 0.29) is 16.5 Å². The van der Waals surface area contributed by atoms with E-state index in [0.29, 0.717) is 0 Å². The Morgan fingerprint density at radius 2 is 1.84 bits per heavy atom. The van der Waals surface area contributed by atoms with Gasteiger partial charge in [-0.3, -0.25) is 9.79 Å². The Labute approximate surface area is 181 Å². The van der Waals surface area contributed by atoms with E-state index in [0.717, 1.165) is 37.4 Å². The van der Waals surface area contributed by atoms with Crippen LogP contribution >= 0.6 is 11.6 Å². The highest BCUT2D eigenvalue weighted by Crippen LogP contribution is 2.44. The van der Waals surface area contributed by atoms with Gasteiger partial charge in [0.2, 0.25) is 5.50 Å². The topological polar surface area (TPSA) is 115 Å². The minimum Gasteiger partial charge on any atom is -0.386 e. The van der Waals surface area contributed by atoms with Crippen LogP contribution in [-0.4, -0.2) is 35.4 Å². The summed E-state index contributed by atoms with van der Waals surface area (Å²) >= 11 is 5.61. The summed E-state index contributed by atoms with van der Waals surface area (Å²) in [5.41, 5.74) is -0.137. The molecule has 31 heavy (non-hydrogen) atoms. The van der Waals surface area contributed by atoms with Gasteiger partial charge in [-0.2, -0.15) is 0 Å². The van der Waals surface area contributed by atoms with Crippen molar-refractivity contribution in [2.45, 2.75) is 36.6 Å². The summed E-state index contributed by atoms with van der Waals surface area (Å²) in [4.78, 5) is 19.9. The van der Waals surface area contributed by atoms with Crippen LogP contribution < -0.4 is 11.1 Å². The smallest absolute Gasteiger partial charge is 0.277 e. The van der Waals surface area contributed by atoms with E-state index < -0.39 is 54.4 Å². The Hall–Kier alpha value is -2.66. The van der Waals surface area contributed by atoms with E-state index >= 15 is 4.39 Å². The number of hydrogen-bond acceptors (Lipinski definition) is 6. The van der Waals surface area contributed by atoms with Crippen LogP contribution in [0.4, 0.5) is 18.9 Å². The third kappa shape index (κ3) is 3.65. The number of aliphatic imine (C=N–C) groups is 1. The fourth-order valence-corrected chi connectivity index (χ4v) is 4.87. The molecule has 0 radical (unpaired) electrons. The molecule has 0 fully saturated rings. The second kappa shape index (κ2) is 7.49. The molecule has 0 saturated carbocycles. The molecule has 3 rings (SSSR count). The first-order valence-corrected chi connectivity index (χ1v) is 10.8. The number of pyridine rings is 1. The number of benzene rings is 1. The lowest BCUT2D eigenvalue weighted by Crippen LogP contribution is -2.58. The molecular weight excluding hydrogens is 457 g/mol. The van der Waals surface area contributed by atoms with Gasteiger partial charge in [-0.15, -0.1) is 0 Å². The predicted octanol–water partition coefficient (Wildman–Crippen LogP) is 3.34. The van der Waals surface area contributed by atoms with E-state index in [9.17, 15) is 22.0 Å². The molecular formula is C19H18ClF3N4O3S. The molecule has 0 saturated heterocycles. The quantitative estimate of drug-likeness (QED) is 0.708. The number of carbonyl (C=O) groups is 1. The van der Waals surface area contributed by atoms with Crippen molar-refractivity contribution < 1.29 is 26.4 Å². The molecule has 2 heterocycles. The van der Waals surface area contributed by atoms with Crippen molar-refractivity contribution in [3.05, 3.63) is 58.4 Å². The van der Waals surface area contributed by atoms with Gasteiger partial charge in [0, 0.05) is 17.4 Å². The van der Waals surface area contributed by atoms with E-state index in [1.807, 2.05) is 0 Å². The first-order chi connectivity index (χ1) is 14.2. The zero-order chi connectivity index (χ0) is 23.4. The van der Waals surface area contributed by atoms with Crippen LogP contribution in [0, 0.1) is 11.6 Å².